The summed E-state index contributed by atoms with van der Waals surface area (Å²) >= 11 is 0. The summed E-state index contributed by atoms with van der Waals surface area (Å²) in [6, 6.07) is 5.60. The van der Waals surface area contributed by atoms with Crippen molar-refractivity contribution in [2.24, 2.45) is 0 Å². The third-order valence-corrected chi connectivity index (χ3v) is 4.51. The molecule has 1 aliphatic rings. The second kappa shape index (κ2) is 7.15. The molecule has 0 saturated carbocycles. The molecule has 0 bridgehead atoms. The zero-order chi connectivity index (χ0) is 16.2. The van der Waals surface area contributed by atoms with Gasteiger partial charge in [-0.3, -0.25) is 9.78 Å². The lowest BCUT2D eigenvalue weighted by molar-refractivity contribution is 0.201. The molecule has 1 aliphatic heterocycles. The lowest BCUT2D eigenvalue weighted by Gasteiger charge is -2.32. The summed E-state index contributed by atoms with van der Waals surface area (Å²) in [7, 11) is 7.09. The summed E-state index contributed by atoms with van der Waals surface area (Å²) in [5, 5.41) is 2.84. The number of likely N-dealkylation sites (tertiary alicyclic amines) is 1. The highest BCUT2D eigenvalue weighted by molar-refractivity contribution is 6.04. The highest BCUT2D eigenvalue weighted by Crippen LogP contribution is 2.17. The summed E-state index contributed by atoms with van der Waals surface area (Å²) < 4.78 is 7.00. The molecule has 0 atom stereocenters. The normalized spacial score (nSPS) is 16.7. The van der Waals surface area contributed by atoms with Crippen LogP contribution >= 0.6 is 0 Å². The molecule has 1 saturated heterocycles. The van der Waals surface area contributed by atoms with Gasteiger partial charge in [0.1, 0.15) is 5.75 Å². The summed E-state index contributed by atoms with van der Waals surface area (Å²) in [6.07, 6.45) is 3.74. The fourth-order valence-electron chi connectivity index (χ4n) is 3.06. The maximum atomic E-state index is 12.3. The molecular weight excluding hydrogens is 291 g/mol. The van der Waals surface area contributed by atoms with Gasteiger partial charge in [0.25, 0.3) is 5.56 Å². The van der Waals surface area contributed by atoms with E-state index < -0.39 is 0 Å². The Morgan fingerprint density at radius 2 is 2.13 bits per heavy atom. The van der Waals surface area contributed by atoms with Crippen LogP contribution in [0.15, 0.2) is 29.2 Å². The third-order valence-electron chi connectivity index (χ3n) is 4.51. The van der Waals surface area contributed by atoms with E-state index in [0.717, 1.165) is 43.5 Å². The van der Waals surface area contributed by atoms with Gasteiger partial charge in [-0.1, -0.05) is 0 Å². The maximum absolute atomic E-state index is 12.3. The summed E-state index contributed by atoms with van der Waals surface area (Å²) in [5.74, 6) is 0.659. The predicted octanol–water partition coefficient (Wildman–Crippen LogP) is 0.543. The molecule has 0 amide bonds. The predicted molar refractivity (Wildman–Crippen MR) is 90.9 cm³/mol. The van der Waals surface area contributed by atoms with Crippen LogP contribution in [0.4, 0.5) is 0 Å². The highest BCUT2D eigenvalue weighted by Gasteiger charge is 2.17. The van der Waals surface area contributed by atoms with E-state index in [1.54, 1.807) is 30.0 Å². The van der Waals surface area contributed by atoms with E-state index in [9.17, 15) is 4.79 Å². The molecule has 0 aliphatic carbocycles. The molecule has 0 aromatic carbocycles. The molecule has 6 nitrogen and oxygen atoms in total. The van der Waals surface area contributed by atoms with Gasteiger partial charge in [-0.25, -0.2) is 0 Å². The van der Waals surface area contributed by atoms with Gasteiger partial charge in [0.2, 0.25) is 0 Å². The first-order valence-corrected chi connectivity index (χ1v) is 7.93. The zero-order valence-electron chi connectivity index (χ0n) is 13.4. The number of ether oxygens (including phenoxy) is 1. The number of piperidine rings is 1. The summed E-state index contributed by atoms with van der Waals surface area (Å²) in [6.45, 7) is 3.48. The minimum atomic E-state index is -0.00827. The molecule has 1 fully saturated rings. The average molecular weight is 312 g/mol. The zero-order valence-corrected chi connectivity index (χ0v) is 13.4. The topological polar surface area (TPSA) is 59.4 Å². The molecule has 23 heavy (non-hydrogen) atoms. The molecule has 0 spiro atoms. The molecule has 1 N–H and O–H groups in total. The summed E-state index contributed by atoms with van der Waals surface area (Å²) in [4.78, 5) is 19.0. The quantitative estimate of drug-likeness (QED) is 0.817. The standard InChI is InChI=1S/C16H21BN4O2/c1-23-13-10-15-14(18-11-13)2-3-16(22)21(15)9-8-20-6-4-12(19-17)5-7-20/h2-3,10-12,19H,4-9H2,1H3. The molecular formula is C16H21BN4O2. The smallest absolute Gasteiger partial charge is 0.251 e. The van der Waals surface area contributed by atoms with Crippen molar-refractivity contribution >= 4 is 19.0 Å². The van der Waals surface area contributed by atoms with Crippen molar-refractivity contribution in [3.63, 3.8) is 0 Å². The van der Waals surface area contributed by atoms with Crippen LogP contribution in [-0.4, -0.2) is 55.2 Å². The Labute approximate surface area is 136 Å². The Balaban J connectivity index is 1.77. The molecule has 120 valence electrons. The van der Waals surface area contributed by atoms with Crippen LogP contribution < -0.4 is 15.5 Å². The number of aromatic nitrogens is 2. The van der Waals surface area contributed by atoms with Crippen molar-refractivity contribution in [3.8, 4) is 5.75 Å². The van der Waals surface area contributed by atoms with Crippen molar-refractivity contribution in [1.82, 2.24) is 19.7 Å². The maximum Gasteiger partial charge on any atom is 0.251 e. The fourth-order valence-corrected chi connectivity index (χ4v) is 3.06. The van der Waals surface area contributed by atoms with Crippen LogP contribution in [0.2, 0.25) is 0 Å². The lowest BCUT2D eigenvalue weighted by atomic mass is 10.0. The first-order valence-electron chi connectivity index (χ1n) is 7.93. The van der Waals surface area contributed by atoms with Crippen molar-refractivity contribution in [3.05, 3.63) is 34.7 Å². The van der Waals surface area contributed by atoms with Crippen molar-refractivity contribution in [2.45, 2.75) is 25.4 Å². The minimum absolute atomic E-state index is 0.00827. The number of methoxy groups -OCH3 is 1. The highest BCUT2D eigenvalue weighted by atomic mass is 16.5. The van der Waals surface area contributed by atoms with Crippen molar-refractivity contribution in [2.75, 3.05) is 26.7 Å². The first kappa shape index (κ1) is 16.0. The SMILES string of the molecule is [B]NC1CCN(CCn2c(=O)ccc3ncc(OC)cc32)CC1. The Hall–Kier alpha value is -1.86. The van der Waals surface area contributed by atoms with Crippen molar-refractivity contribution < 1.29 is 4.74 Å². The van der Waals surface area contributed by atoms with Gasteiger partial charge in [-0.15, -0.1) is 0 Å². The van der Waals surface area contributed by atoms with E-state index in [-0.39, 0.29) is 5.56 Å². The Morgan fingerprint density at radius 1 is 1.35 bits per heavy atom. The summed E-state index contributed by atoms with van der Waals surface area (Å²) in [5.41, 5.74) is 1.61. The van der Waals surface area contributed by atoms with Gasteiger partial charge in [0.15, 0.2) is 7.98 Å². The van der Waals surface area contributed by atoms with E-state index >= 15 is 0 Å². The largest absolute Gasteiger partial charge is 0.495 e. The fraction of sp³-hybridized carbons (Fsp3) is 0.500. The van der Waals surface area contributed by atoms with Gasteiger partial charge in [0, 0.05) is 25.2 Å². The lowest BCUT2D eigenvalue weighted by Crippen LogP contribution is -2.43. The van der Waals surface area contributed by atoms with Crippen molar-refractivity contribution in [1.29, 1.82) is 0 Å². The number of hydrogen-bond acceptors (Lipinski definition) is 5. The van der Waals surface area contributed by atoms with Crippen LogP contribution in [-0.2, 0) is 6.54 Å². The van der Waals surface area contributed by atoms with Gasteiger partial charge in [-0.2, -0.15) is 0 Å². The van der Waals surface area contributed by atoms with E-state index in [2.05, 4.69) is 15.1 Å². The third kappa shape index (κ3) is 3.56. The van der Waals surface area contributed by atoms with Gasteiger partial charge >= 0.3 is 0 Å². The monoisotopic (exact) mass is 312 g/mol. The molecule has 0 unspecified atom stereocenters. The number of hydrogen-bond donors (Lipinski definition) is 1. The molecule has 2 radical (unpaired) electrons. The number of nitrogens with one attached hydrogen (secondary N) is 1. The Bertz CT molecular complexity index is 726. The minimum Gasteiger partial charge on any atom is -0.495 e. The first-order chi connectivity index (χ1) is 11.2. The average Bonchev–Trinajstić information content (AvgIpc) is 2.61. The van der Waals surface area contributed by atoms with Crippen LogP contribution in [0.25, 0.3) is 11.0 Å². The second-order valence-corrected chi connectivity index (χ2v) is 5.89. The Morgan fingerprint density at radius 3 is 2.83 bits per heavy atom. The molecule has 3 rings (SSSR count). The Kier molecular flexibility index (Phi) is 4.98. The molecule has 3 heterocycles. The molecule has 2 aromatic heterocycles. The van der Waals surface area contributed by atoms with E-state index in [1.165, 1.54) is 0 Å². The van der Waals surface area contributed by atoms with E-state index in [1.807, 2.05) is 6.07 Å². The number of pyridine rings is 2. The number of nitrogens with zero attached hydrogens (tertiary/aromatic N) is 3. The van der Waals surface area contributed by atoms with Gasteiger partial charge < -0.3 is 19.4 Å². The van der Waals surface area contributed by atoms with E-state index in [4.69, 9.17) is 12.7 Å². The molecule has 7 heteroatoms. The van der Waals surface area contributed by atoms with Crippen LogP contribution in [0, 0.1) is 0 Å². The van der Waals surface area contributed by atoms with Crippen LogP contribution in [0.5, 0.6) is 5.75 Å². The van der Waals surface area contributed by atoms with Gasteiger partial charge in [0.05, 0.1) is 24.3 Å². The number of rotatable bonds is 5. The van der Waals surface area contributed by atoms with E-state index in [0.29, 0.717) is 18.3 Å². The van der Waals surface area contributed by atoms with Gasteiger partial charge in [-0.05, 0) is 38.0 Å². The molecule has 2 aromatic rings. The second-order valence-electron chi connectivity index (χ2n) is 5.89. The van der Waals surface area contributed by atoms with Crippen LogP contribution in [0.3, 0.4) is 0 Å². The number of fused-ring (bicyclic) bond motifs is 1. The van der Waals surface area contributed by atoms with Crippen LogP contribution in [0.1, 0.15) is 12.8 Å².